The van der Waals surface area contributed by atoms with Crippen molar-refractivity contribution >= 4 is 42.4 Å². The van der Waals surface area contributed by atoms with Gasteiger partial charge in [-0.05, 0) is 56.5 Å². The molecule has 34 heavy (non-hydrogen) atoms. The Morgan fingerprint density at radius 3 is 2.29 bits per heavy atom. The summed E-state index contributed by atoms with van der Waals surface area (Å²) < 4.78 is 35.4. The van der Waals surface area contributed by atoms with Crippen molar-refractivity contribution < 1.29 is 22.9 Å². The zero-order chi connectivity index (χ0) is 24.3. The van der Waals surface area contributed by atoms with Crippen LogP contribution >= 0.6 is 42.4 Å². The molecule has 0 bridgehead atoms. The van der Waals surface area contributed by atoms with Crippen LogP contribution < -0.4 is 4.74 Å². The van der Waals surface area contributed by atoms with Crippen molar-refractivity contribution in [3.63, 3.8) is 0 Å². The zero-order valence-corrected chi connectivity index (χ0v) is 22.0. The fourth-order valence-electron chi connectivity index (χ4n) is 3.68. The van der Waals surface area contributed by atoms with Gasteiger partial charge in [0.15, 0.2) is 0 Å². The van der Waals surface area contributed by atoms with Crippen molar-refractivity contribution in [2.24, 2.45) is 0 Å². The lowest BCUT2D eigenvalue weighted by Crippen LogP contribution is -2.01. The Morgan fingerprint density at radius 1 is 1.03 bits per heavy atom. The summed E-state index contributed by atoms with van der Waals surface area (Å²) in [6.07, 6.45) is 2.16. The molecule has 1 aliphatic carbocycles. The summed E-state index contributed by atoms with van der Waals surface area (Å²) in [4.78, 5) is 0. The van der Waals surface area contributed by atoms with Gasteiger partial charge in [0, 0.05) is 16.5 Å². The van der Waals surface area contributed by atoms with Gasteiger partial charge in [-0.3, -0.25) is 4.57 Å². The molecular formula is C24H25Cl3NO5P. The third-order valence-corrected chi connectivity index (χ3v) is 8.40. The van der Waals surface area contributed by atoms with Crippen LogP contribution in [0.3, 0.4) is 0 Å². The van der Waals surface area contributed by atoms with Gasteiger partial charge in [0.1, 0.15) is 23.8 Å². The highest BCUT2D eigenvalue weighted by Crippen LogP contribution is 2.52. The van der Waals surface area contributed by atoms with Crippen LogP contribution in [0.2, 0.25) is 15.1 Å². The van der Waals surface area contributed by atoms with Crippen LogP contribution in [0.1, 0.15) is 49.5 Å². The van der Waals surface area contributed by atoms with E-state index in [2.05, 4.69) is 5.16 Å². The van der Waals surface area contributed by atoms with Crippen LogP contribution in [-0.4, -0.2) is 18.4 Å². The van der Waals surface area contributed by atoms with Gasteiger partial charge in [-0.2, -0.15) is 0 Å². The maximum Gasteiger partial charge on any atom is 0.335 e. The van der Waals surface area contributed by atoms with E-state index in [1.54, 1.807) is 50.2 Å². The minimum atomic E-state index is -3.27. The standard InChI is InChI=1S/C24H25Cl3NO5P/c1-3-31-34(29,32-4-2)14-16-10-11-17(12-21(16)27)30-13-18-23(28-33-24(18)15-8-9-15)22-19(25)6-5-7-20(22)26/h5-7,10-12,15H,3-4,8-9,13-14H2,1-2H3. The Bertz CT molecular complexity index is 1180. The average molecular weight is 545 g/mol. The molecule has 1 aliphatic rings. The van der Waals surface area contributed by atoms with E-state index in [1.807, 2.05) is 0 Å². The Balaban J connectivity index is 1.56. The van der Waals surface area contributed by atoms with Gasteiger partial charge in [0.2, 0.25) is 0 Å². The molecule has 0 unspecified atom stereocenters. The molecule has 182 valence electrons. The Kier molecular flexibility index (Phi) is 8.29. The normalized spacial score (nSPS) is 13.9. The second-order valence-corrected chi connectivity index (χ2v) is 11.2. The molecule has 4 rings (SSSR count). The number of halogens is 3. The van der Waals surface area contributed by atoms with E-state index in [1.165, 1.54) is 0 Å². The third kappa shape index (κ3) is 5.81. The lowest BCUT2D eigenvalue weighted by Gasteiger charge is -2.18. The molecule has 0 atom stereocenters. The fraction of sp³-hybridized carbons (Fsp3) is 0.375. The highest BCUT2D eigenvalue weighted by molar-refractivity contribution is 7.53. The van der Waals surface area contributed by atoms with Gasteiger partial charge in [-0.25, -0.2) is 0 Å². The second-order valence-electron chi connectivity index (χ2n) is 7.89. The first-order valence-corrected chi connectivity index (χ1v) is 13.9. The predicted molar refractivity (Wildman–Crippen MR) is 134 cm³/mol. The third-order valence-electron chi connectivity index (χ3n) is 5.39. The van der Waals surface area contributed by atoms with Crippen molar-refractivity contribution in [1.82, 2.24) is 5.16 Å². The molecule has 1 saturated carbocycles. The summed E-state index contributed by atoms with van der Waals surface area (Å²) >= 11 is 19.3. The lowest BCUT2D eigenvalue weighted by molar-refractivity contribution is 0.219. The zero-order valence-electron chi connectivity index (χ0n) is 18.9. The number of hydrogen-bond acceptors (Lipinski definition) is 6. The van der Waals surface area contributed by atoms with E-state index in [4.69, 9.17) is 53.1 Å². The monoisotopic (exact) mass is 543 g/mol. The van der Waals surface area contributed by atoms with Crippen molar-refractivity contribution in [3.05, 3.63) is 68.4 Å². The first-order chi connectivity index (χ1) is 16.3. The quantitative estimate of drug-likeness (QED) is 0.225. The van der Waals surface area contributed by atoms with E-state index >= 15 is 0 Å². The minimum absolute atomic E-state index is 0.0838. The first kappa shape index (κ1) is 25.6. The molecule has 10 heteroatoms. The molecule has 3 aromatic rings. The van der Waals surface area contributed by atoms with Crippen molar-refractivity contribution in [2.75, 3.05) is 13.2 Å². The largest absolute Gasteiger partial charge is 0.489 e. The van der Waals surface area contributed by atoms with E-state index in [-0.39, 0.29) is 26.0 Å². The summed E-state index contributed by atoms with van der Waals surface area (Å²) in [6, 6.07) is 10.5. The SMILES string of the molecule is CCOP(=O)(Cc1ccc(OCc2c(-c3c(Cl)cccc3Cl)noc2C2CC2)cc1Cl)OCC. The average Bonchev–Trinajstić information content (AvgIpc) is 3.55. The fourth-order valence-corrected chi connectivity index (χ4v) is 6.32. The molecule has 0 spiro atoms. The van der Waals surface area contributed by atoms with Gasteiger partial charge in [-0.15, -0.1) is 0 Å². The second kappa shape index (κ2) is 11.0. The van der Waals surface area contributed by atoms with Gasteiger partial charge in [0.05, 0.1) is 35.0 Å². The van der Waals surface area contributed by atoms with Crippen LogP contribution in [-0.2, 0) is 26.4 Å². The number of ether oxygens (including phenoxy) is 1. The van der Waals surface area contributed by atoms with Crippen LogP contribution in [0.15, 0.2) is 40.9 Å². The lowest BCUT2D eigenvalue weighted by atomic mass is 10.0. The van der Waals surface area contributed by atoms with Gasteiger partial charge in [0.25, 0.3) is 0 Å². The highest BCUT2D eigenvalue weighted by Gasteiger charge is 2.34. The summed E-state index contributed by atoms with van der Waals surface area (Å²) in [7, 11) is -3.27. The number of nitrogens with zero attached hydrogens (tertiary/aromatic N) is 1. The summed E-state index contributed by atoms with van der Waals surface area (Å²) in [5.74, 6) is 1.66. The van der Waals surface area contributed by atoms with Gasteiger partial charge >= 0.3 is 7.60 Å². The highest BCUT2D eigenvalue weighted by atomic mass is 35.5. The van der Waals surface area contributed by atoms with Crippen LogP contribution in [0.5, 0.6) is 5.75 Å². The number of aromatic nitrogens is 1. The van der Waals surface area contributed by atoms with Crippen molar-refractivity contribution in [2.45, 2.75) is 45.4 Å². The van der Waals surface area contributed by atoms with Crippen LogP contribution in [0.25, 0.3) is 11.3 Å². The summed E-state index contributed by atoms with van der Waals surface area (Å²) in [6.45, 7) is 4.33. The topological polar surface area (TPSA) is 70.8 Å². The smallest absolute Gasteiger partial charge is 0.335 e. The summed E-state index contributed by atoms with van der Waals surface area (Å²) in [5.41, 5.74) is 2.67. The van der Waals surface area contributed by atoms with E-state index in [0.717, 1.165) is 24.2 Å². The van der Waals surface area contributed by atoms with Gasteiger partial charge in [-0.1, -0.05) is 52.1 Å². The number of benzene rings is 2. The molecule has 0 aliphatic heterocycles. The summed E-state index contributed by atoms with van der Waals surface area (Å²) in [5, 5.41) is 5.68. The maximum absolute atomic E-state index is 12.9. The van der Waals surface area contributed by atoms with Crippen LogP contribution in [0.4, 0.5) is 0 Å². The molecule has 0 saturated heterocycles. The molecule has 1 heterocycles. The Labute approximate surface area is 214 Å². The molecule has 2 aromatic carbocycles. The maximum atomic E-state index is 12.9. The van der Waals surface area contributed by atoms with Crippen LogP contribution in [0, 0.1) is 0 Å². The van der Waals surface area contributed by atoms with E-state index in [0.29, 0.717) is 43.6 Å². The molecule has 0 N–H and O–H groups in total. The minimum Gasteiger partial charge on any atom is -0.489 e. The van der Waals surface area contributed by atoms with Crippen molar-refractivity contribution in [3.8, 4) is 17.0 Å². The molecular weight excluding hydrogens is 520 g/mol. The molecule has 0 radical (unpaired) electrons. The molecule has 0 amide bonds. The number of hydrogen-bond donors (Lipinski definition) is 0. The van der Waals surface area contributed by atoms with E-state index in [9.17, 15) is 4.57 Å². The molecule has 6 nitrogen and oxygen atoms in total. The Hall–Kier alpha value is -1.53. The van der Waals surface area contributed by atoms with Crippen molar-refractivity contribution in [1.29, 1.82) is 0 Å². The van der Waals surface area contributed by atoms with Gasteiger partial charge < -0.3 is 18.3 Å². The molecule has 1 aromatic heterocycles. The van der Waals surface area contributed by atoms with E-state index < -0.39 is 7.60 Å². The predicted octanol–water partition coefficient (Wildman–Crippen LogP) is 8.52. The Morgan fingerprint density at radius 2 is 1.71 bits per heavy atom. The number of rotatable bonds is 11. The molecule has 1 fully saturated rings. The first-order valence-electron chi connectivity index (χ1n) is 11.1.